The number of carbonyl (C=O) groups excluding carboxylic acids is 1. The van der Waals surface area contributed by atoms with Crippen LogP contribution in [0.4, 0.5) is 5.69 Å². The molecule has 2 aliphatic rings. The van der Waals surface area contributed by atoms with Crippen LogP contribution in [0, 0.1) is 0 Å². The Balaban J connectivity index is 2.03. The average molecular weight is 315 g/mol. The Labute approximate surface area is 123 Å². The molecule has 0 unspecified atom stereocenters. The molecule has 7 heteroatoms. The van der Waals surface area contributed by atoms with Gasteiger partial charge in [0.1, 0.15) is 0 Å². The SMILES string of the molecule is O=C1CCc2cc(S(=O)(=O)N3CCCC3)cc(Cl)c2N1. The number of nitrogens with one attached hydrogen (secondary N) is 1. The summed E-state index contributed by atoms with van der Waals surface area (Å²) in [6.45, 7) is 1.13. The fraction of sp³-hybridized carbons (Fsp3) is 0.462. The molecule has 1 aromatic carbocycles. The number of hydrogen-bond donors (Lipinski definition) is 1. The number of aryl methyl sites for hydroxylation is 1. The second-order valence-electron chi connectivity index (χ2n) is 5.10. The van der Waals surface area contributed by atoms with Gasteiger partial charge in [-0.3, -0.25) is 4.79 Å². The second-order valence-corrected chi connectivity index (χ2v) is 7.44. The standard InChI is InChI=1S/C13H15ClN2O3S/c14-11-8-10(20(18,19)16-5-1-2-6-16)7-9-3-4-12(17)15-13(9)11/h7-8H,1-6H2,(H,15,17). The zero-order valence-corrected chi connectivity index (χ0v) is 12.4. The number of hydrogen-bond acceptors (Lipinski definition) is 3. The number of anilines is 1. The first-order valence-electron chi connectivity index (χ1n) is 6.61. The molecule has 1 N–H and O–H groups in total. The summed E-state index contributed by atoms with van der Waals surface area (Å²) in [5.41, 5.74) is 1.33. The Morgan fingerprint density at radius 3 is 2.55 bits per heavy atom. The fourth-order valence-corrected chi connectivity index (χ4v) is 4.60. The van der Waals surface area contributed by atoms with Crippen molar-refractivity contribution in [3.05, 3.63) is 22.7 Å². The van der Waals surface area contributed by atoms with E-state index in [0.717, 1.165) is 18.4 Å². The second kappa shape index (κ2) is 5.02. The smallest absolute Gasteiger partial charge is 0.243 e. The van der Waals surface area contributed by atoms with Gasteiger partial charge in [-0.2, -0.15) is 4.31 Å². The molecule has 0 aliphatic carbocycles. The molecule has 5 nitrogen and oxygen atoms in total. The van der Waals surface area contributed by atoms with E-state index in [0.29, 0.717) is 31.6 Å². The van der Waals surface area contributed by atoms with Crippen molar-refractivity contribution in [1.29, 1.82) is 0 Å². The molecule has 0 spiro atoms. The summed E-state index contributed by atoms with van der Waals surface area (Å²) in [7, 11) is -3.47. The third kappa shape index (κ3) is 2.32. The van der Waals surface area contributed by atoms with Crippen LogP contribution in [0.2, 0.25) is 5.02 Å². The predicted molar refractivity (Wildman–Crippen MR) is 76.4 cm³/mol. The highest BCUT2D eigenvalue weighted by molar-refractivity contribution is 7.89. The van der Waals surface area contributed by atoms with E-state index in [-0.39, 0.29) is 15.8 Å². The first-order chi connectivity index (χ1) is 9.48. The summed E-state index contributed by atoms with van der Waals surface area (Å²) in [5, 5.41) is 2.98. The minimum Gasteiger partial charge on any atom is -0.325 e. The lowest BCUT2D eigenvalue weighted by molar-refractivity contribution is -0.116. The van der Waals surface area contributed by atoms with Gasteiger partial charge in [0.05, 0.1) is 15.6 Å². The molecule has 1 amide bonds. The normalized spacial score (nSPS) is 19.8. The van der Waals surface area contributed by atoms with E-state index in [1.807, 2.05) is 0 Å². The van der Waals surface area contributed by atoms with Crippen LogP contribution in [0.1, 0.15) is 24.8 Å². The molecule has 0 atom stereocenters. The summed E-state index contributed by atoms with van der Waals surface area (Å²) in [4.78, 5) is 11.6. The summed E-state index contributed by atoms with van der Waals surface area (Å²) in [6, 6.07) is 3.06. The van der Waals surface area contributed by atoms with E-state index >= 15 is 0 Å². The molecule has 0 aromatic heterocycles. The largest absolute Gasteiger partial charge is 0.325 e. The number of carbonyl (C=O) groups is 1. The maximum atomic E-state index is 12.5. The molecule has 2 heterocycles. The van der Waals surface area contributed by atoms with Crippen molar-refractivity contribution in [3.8, 4) is 0 Å². The molecule has 3 rings (SSSR count). The highest BCUT2D eigenvalue weighted by Crippen LogP contribution is 2.34. The molecule has 2 aliphatic heterocycles. The fourth-order valence-electron chi connectivity index (χ4n) is 2.65. The Morgan fingerprint density at radius 1 is 1.15 bits per heavy atom. The van der Waals surface area contributed by atoms with Crippen LogP contribution < -0.4 is 5.32 Å². The van der Waals surface area contributed by atoms with Gasteiger partial charge in [-0.15, -0.1) is 0 Å². The maximum Gasteiger partial charge on any atom is 0.243 e. The molecule has 1 saturated heterocycles. The molecule has 20 heavy (non-hydrogen) atoms. The highest BCUT2D eigenvalue weighted by atomic mass is 35.5. The molecule has 0 radical (unpaired) electrons. The first kappa shape index (κ1) is 13.9. The third-order valence-corrected chi connectivity index (χ3v) is 5.91. The zero-order chi connectivity index (χ0) is 14.3. The summed E-state index contributed by atoms with van der Waals surface area (Å²) >= 11 is 6.13. The maximum absolute atomic E-state index is 12.5. The molecular weight excluding hydrogens is 300 g/mol. The van der Waals surface area contributed by atoms with Gasteiger partial charge in [-0.1, -0.05) is 11.6 Å². The van der Waals surface area contributed by atoms with Gasteiger partial charge in [0, 0.05) is 19.5 Å². The van der Waals surface area contributed by atoms with E-state index in [2.05, 4.69) is 5.32 Å². The van der Waals surface area contributed by atoms with Crippen LogP contribution in [-0.4, -0.2) is 31.7 Å². The van der Waals surface area contributed by atoms with Crippen LogP contribution in [0.3, 0.4) is 0 Å². The molecular formula is C13H15ClN2O3S. The Morgan fingerprint density at radius 2 is 1.85 bits per heavy atom. The number of amides is 1. The van der Waals surface area contributed by atoms with Gasteiger partial charge >= 0.3 is 0 Å². The Bertz CT molecular complexity index is 666. The number of benzene rings is 1. The Hall–Kier alpha value is -1.11. The van der Waals surface area contributed by atoms with Gasteiger partial charge in [0.15, 0.2) is 0 Å². The first-order valence-corrected chi connectivity index (χ1v) is 8.43. The van der Waals surface area contributed by atoms with Gasteiger partial charge < -0.3 is 5.32 Å². The van der Waals surface area contributed by atoms with Crippen molar-refractivity contribution in [2.24, 2.45) is 0 Å². The minimum atomic E-state index is -3.47. The van der Waals surface area contributed by atoms with E-state index in [1.54, 1.807) is 6.07 Å². The van der Waals surface area contributed by atoms with E-state index in [1.165, 1.54) is 10.4 Å². The molecule has 0 saturated carbocycles. The van der Waals surface area contributed by atoms with Crippen LogP contribution >= 0.6 is 11.6 Å². The van der Waals surface area contributed by atoms with E-state index in [9.17, 15) is 13.2 Å². The summed E-state index contributed by atoms with van der Waals surface area (Å²) < 4.78 is 26.5. The van der Waals surface area contributed by atoms with Gasteiger partial charge in [0.25, 0.3) is 0 Å². The van der Waals surface area contributed by atoms with E-state index < -0.39 is 10.0 Å². The lowest BCUT2D eigenvalue weighted by Gasteiger charge is -2.21. The summed E-state index contributed by atoms with van der Waals surface area (Å²) in [5.74, 6) is -0.0884. The predicted octanol–water partition coefficient (Wildman–Crippen LogP) is 2.01. The zero-order valence-electron chi connectivity index (χ0n) is 10.9. The van der Waals surface area contributed by atoms with Crippen molar-refractivity contribution in [2.45, 2.75) is 30.6 Å². The van der Waals surface area contributed by atoms with Gasteiger partial charge in [-0.05, 0) is 37.0 Å². The lowest BCUT2D eigenvalue weighted by Crippen LogP contribution is -2.28. The lowest BCUT2D eigenvalue weighted by atomic mass is 10.0. The van der Waals surface area contributed by atoms with Crippen LogP contribution in [-0.2, 0) is 21.2 Å². The van der Waals surface area contributed by atoms with Crippen molar-refractivity contribution in [2.75, 3.05) is 18.4 Å². The third-order valence-electron chi connectivity index (χ3n) is 3.73. The quantitative estimate of drug-likeness (QED) is 0.908. The van der Waals surface area contributed by atoms with Crippen LogP contribution in [0.25, 0.3) is 0 Å². The van der Waals surface area contributed by atoms with Crippen LogP contribution in [0.5, 0.6) is 0 Å². The van der Waals surface area contributed by atoms with Crippen molar-refractivity contribution < 1.29 is 13.2 Å². The van der Waals surface area contributed by atoms with Gasteiger partial charge in [-0.25, -0.2) is 8.42 Å². The Kier molecular flexibility index (Phi) is 3.48. The molecule has 1 aromatic rings. The molecule has 0 bridgehead atoms. The minimum absolute atomic E-state index is 0.0884. The topological polar surface area (TPSA) is 66.5 Å². The number of sulfonamides is 1. The van der Waals surface area contributed by atoms with Gasteiger partial charge in [0.2, 0.25) is 15.9 Å². The highest BCUT2D eigenvalue weighted by Gasteiger charge is 2.29. The van der Waals surface area contributed by atoms with Crippen molar-refractivity contribution in [3.63, 3.8) is 0 Å². The average Bonchev–Trinajstić information content (AvgIpc) is 2.94. The molecule has 1 fully saturated rings. The molecule has 108 valence electrons. The van der Waals surface area contributed by atoms with Crippen molar-refractivity contribution in [1.82, 2.24) is 4.31 Å². The van der Waals surface area contributed by atoms with Crippen molar-refractivity contribution >= 4 is 33.2 Å². The number of rotatable bonds is 2. The number of fused-ring (bicyclic) bond motifs is 1. The van der Waals surface area contributed by atoms with E-state index in [4.69, 9.17) is 11.6 Å². The number of halogens is 1. The summed E-state index contributed by atoms with van der Waals surface area (Å²) in [6.07, 6.45) is 2.67. The number of nitrogens with zero attached hydrogens (tertiary/aromatic N) is 1. The van der Waals surface area contributed by atoms with Crippen LogP contribution in [0.15, 0.2) is 17.0 Å². The monoisotopic (exact) mass is 314 g/mol.